The molecule has 3 aromatic rings. The van der Waals surface area contributed by atoms with Crippen molar-refractivity contribution >= 4 is 60.5 Å². The molecule has 0 bridgehead atoms. The Bertz CT molecular complexity index is 662. The van der Waals surface area contributed by atoms with E-state index in [4.69, 9.17) is 4.42 Å². The van der Waals surface area contributed by atoms with E-state index in [1.54, 1.807) is 0 Å². The summed E-state index contributed by atoms with van der Waals surface area (Å²) in [6.45, 7) is 0. The van der Waals surface area contributed by atoms with Gasteiger partial charge in [-0.2, -0.15) is 0 Å². The normalized spacial score (nSPS) is 10.6. The van der Waals surface area contributed by atoms with Crippen molar-refractivity contribution in [3.63, 3.8) is 0 Å². The Labute approximate surface area is 109 Å². The Morgan fingerprint density at radius 2 is 2.12 bits per heavy atom. The zero-order valence-corrected chi connectivity index (χ0v) is 18.5. The molecule has 0 saturated heterocycles. The number of hydrogen-bond donors (Lipinski definition) is 0. The molecule has 0 aliphatic heterocycles. The quantitative estimate of drug-likeness (QED) is 0.255. The van der Waals surface area contributed by atoms with Gasteiger partial charge in [-0.15, -0.1) is 28.1 Å². The molecule has 2 aromatic carbocycles. The van der Waals surface area contributed by atoms with Crippen LogP contribution in [-0.2, 0) is 0 Å². The standard InChI is InChI=1S/C12H5BrIO.Bh/c13-7-4-5-8-9-2-1-3-10(14)12(9)15-11(8)6-7;/h1-4,6H;/q-1;. The molecular weight excluding hydrogens is 637 g/mol. The maximum Gasteiger partial charge on any atom is 0.0938 e. The summed E-state index contributed by atoms with van der Waals surface area (Å²) in [4.78, 5) is 0. The van der Waals surface area contributed by atoms with Crippen LogP contribution >= 0.6 is 38.5 Å². The molecule has 16 heavy (non-hydrogen) atoms. The van der Waals surface area contributed by atoms with E-state index in [9.17, 15) is 0 Å². The first-order chi connectivity index (χ1) is 7.25. The van der Waals surface area contributed by atoms with Gasteiger partial charge >= 0.3 is 0 Å². The first-order valence-corrected chi connectivity index (χ1v) is 6.31. The number of furan rings is 1. The van der Waals surface area contributed by atoms with Crippen LogP contribution in [0.4, 0.5) is 0 Å². The molecule has 1 nitrogen and oxygen atoms in total. The predicted octanol–water partition coefficient (Wildman–Crippen LogP) is 4.75. The van der Waals surface area contributed by atoms with Crippen LogP contribution in [0.1, 0.15) is 0 Å². The fourth-order valence-corrected chi connectivity index (χ4v) is 2.59. The van der Waals surface area contributed by atoms with E-state index in [0.717, 1.165) is 30.0 Å². The van der Waals surface area contributed by atoms with Gasteiger partial charge in [0.05, 0.1) is 5.58 Å². The first-order valence-electron chi connectivity index (χ1n) is 4.43. The van der Waals surface area contributed by atoms with E-state index in [0.29, 0.717) is 0 Å². The molecule has 0 saturated carbocycles. The van der Waals surface area contributed by atoms with E-state index in [-0.39, 0.29) is 0 Å². The summed E-state index contributed by atoms with van der Waals surface area (Å²) in [5.74, 6) is 0. The minimum atomic E-state index is 0. The van der Waals surface area contributed by atoms with Crippen molar-refractivity contribution in [2.45, 2.75) is 0 Å². The van der Waals surface area contributed by atoms with Crippen LogP contribution in [0.25, 0.3) is 21.9 Å². The average molecular weight is 642 g/mol. The van der Waals surface area contributed by atoms with Crippen LogP contribution in [0, 0.1) is 9.64 Å². The fraction of sp³-hybridized carbons (Fsp3) is 0. The van der Waals surface area contributed by atoms with Crippen molar-refractivity contribution in [1.82, 2.24) is 0 Å². The molecule has 0 aliphatic carbocycles. The van der Waals surface area contributed by atoms with Crippen LogP contribution in [0.5, 0.6) is 0 Å². The van der Waals surface area contributed by atoms with E-state index in [1.165, 1.54) is 0 Å². The van der Waals surface area contributed by atoms with Gasteiger partial charge in [0.1, 0.15) is 0 Å². The van der Waals surface area contributed by atoms with Crippen LogP contribution in [0.2, 0.25) is 0 Å². The molecule has 1 heterocycles. The second kappa shape index (κ2) is 3.79. The maximum absolute atomic E-state index is 5.80. The number of rotatable bonds is 0. The second-order valence-corrected chi connectivity index (χ2v) is 5.35. The molecule has 3 rings (SSSR count). The van der Waals surface area contributed by atoms with Gasteiger partial charge in [0.25, 0.3) is 0 Å². The monoisotopic (exact) mass is 641 g/mol. The van der Waals surface area contributed by atoms with Crippen molar-refractivity contribution in [2.24, 2.45) is 0 Å². The zero-order valence-electron chi connectivity index (χ0n) is 8.26. The summed E-state index contributed by atoms with van der Waals surface area (Å²) in [6, 6.07) is 13.3. The van der Waals surface area contributed by atoms with Gasteiger partial charge in [-0.1, -0.05) is 33.4 Å². The third kappa shape index (κ3) is 1.46. The van der Waals surface area contributed by atoms with E-state index < -0.39 is 0 Å². The Morgan fingerprint density at radius 1 is 1.31 bits per heavy atom. The molecule has 0 N–H and O–H groups in total. The number of hydrogen-bond acceptors (Lipinski definition) is 1. The fourth-order valence-electron chi connectivity index (χ4n) is 1.66. The summed E-state index contributed by atoms with van der Waals surface area (Å²) in [7, 11) is 0. The number of benzene rings is 2. The Kier molecular flexibility index (Phi) is 2.59. The average Bonchev–Trinajstić information content (AvgIpc) is 2.57. The van der Waals surface area contributed by atoms with Crippen molar-refractivity contribution in [3.8, 4) is 0 Å². The van der Waals surface area contributed by atoms with Crippen LogP contribution in [0.3, 0.4) is 0 Å². The van der Waals surface area contributed by atoms with Gasteiger partial charge in [-0.05, 0) is 28.7 Å². The molecule has 0 unspecified atom stereocenters. The molecule has 1 aromatic heterocycles. The first kappa shape index (κ1) is 11.0. The third-order valence-corrected chi connectivity index (χ3v) is 3.63. The molecule has 4 heteroatoms. The molecule has 0 radical (unpaired) electrons. The number of halogens is 2. The molecule has 0 amide bonds. The maximum atomic E-state index is 5.80. The van der Waals surface area contributed by atoms with E-state index in [2.05, 4.69) is 50.7 Å². The summed E-state index contributed by atoms with van der Waals surface area (Å²) < 4.78 is 7.92. The van der Waals surface area contributed by atoms with Gasteiger partial charge in [-0.25, -0.2) is 0 Å². The van der Waals surface area contributed by atoms with Gasteiger partial charge < -0.3 is 4.42 Å². The second-order valence-electron chi connectivity index (χ2n) is 3.28. The molecule has 0 atom stereocenters. The SMILES string of the molecule is Brc1c[c-]c2c(c1)oc1c(I)cccc12.[Bh]. The van der Waals surface area contributed by atoms with Crippen LogP contribution in [0.15, 0.2) is 39.2 Å². The van der Waals surface area contributed by atoms with Gasteiger partial charge in [0.15, 0.2) is 0 Å². The third-order valence-electron chi connectivity index (χ3n) is 2.32. The van der Waals surface area contributed by atoms with Crippen LogP contribution in [-0.4, -0.2) is 0 Å². The summed E-state index contributed by atoms with van der Waals surface area (Å²) >= 11 is 5.70. The van der Waals surface area contributed by atoms with Gasteiger partial charge in [-0.3, -0.25) is 0 Å². The smallest absolute Gasteiger partial charge is 0.0938 e. The molecule has 0 spiro atoms. The number of para-hydroxylation sites is 1. The Balaban J connectivity index is 0.000000963. The minimum absolute atomic E-state index is 0. The molecule has 0 fully saturated rings. The van der Waals surface area contributed by atoms with Gasteiger partial charge in [0.2, 0.25) is 0 Å². The molecule has 0 aliphatic rings. The van der Waals surface area contributed by atoms with Crippen LogP contribution < -0.4 is 0 Å². The Hall–Kier alpha value is -1.55. The zero-order chi connectivity index (χ0) is 10.4. The van der Waals surface area contributed by atoms with E-state index in [1.807, 2.05) is 24.3 Å². The van der Waals surface area contributed by atoms with Crippen molar-refractivity contribution in [2.75, 3.05) is 0 Å². The minimum Gasteiger partial charge on any atom is -0.509 e. The summed E-state index contributed by atoms with van der Waals surface area (Å²) in [5.41, 5.74) is 1.82. The summed E-state index contributed by atoms with van der Waals surface area (Å²) in [5, 5.41) is 2.18. The van der Waals surface area contributed by atoms with Crippen molar-refractivity contribution < 1.29 is 4.42 Å². The molecule has 76 valence electrons. The van der Waals surface area contributed by atoms with Crippen molar-refractivity contribution in [3.05, 3.63) is 44.4 Å². The van der Waals surface area contributed by atoms with E-state index >= 15 is 0 Å². The van der Waals surface area contributed by atoms with Gasteiger partial charge in [0, 0.05) is 9.15 Å². The Morgan fingerprint density at radius 3 is 2.94 bits per heavy atom. The molecular formula is C12H5BhBrIO-. The summed E-state index contributed by atoms with van der Waals surface area (Å²) in [6.07, 6.45) is 0. The topological polar surface area (TPSA) is 13.1 Å². The number of fused-ring (bicyclic) bond motifs is 3. The van der Waals surface area contributed by atoms with Crippen molar-refractivity contribution in [1.29, 1.82) is 0 Å². The predicted molar refractivity (Wildman–Crippen MR) is 73.0 cm³/mol. The largest absolute Gasteiger partial charge is 0.509 e.